The van der Waals surface area contributed by atoms with Crippen molar-refractivity contribution in [2.75, 3.05) is 27.9 Å². The van der Waals surface area contributed by atoms with Gasteiger partial charge in [-0.25, -0.2) is 0 Å². The van der Waals surface area contributed by atoms with E-state index in [-0.39, 0.29) is 11.5 Å². The van der Waals surface area contributed by atoms with E-state index in [0.29, 0.717) is 17.2 Å². The molecule has 2 rings (SSSR count). The van der Waals surface area contributed by atoms with E-state index in [2.05, 4.69) is 0 Å². The van der Waals surface area contributed by atoms with Crippen molar-refractivity contribution in [1.82, 2.24) is 0 Å². The molecule has 2 atom stereocenters. The lowest BCUT2D eigenvalue weighted by molar-refractivity contribution is 0.0129. The summed E-state index contributed by atoms with van der Waals surface area (Å²) in [7, 11) is 4.84. The maximum atomic E-state index is 6.62. The first-order chi connectivity index (χ1) is 9.71. The summed E-state index contributed by atoms with van der Waals surface area (Å²) in [5, 5.41) is -0.300. The van der Waals surface area contributed by atoms with Crippen LogP contribution in [0.15, 0.2) is 12.1 Å². The van der Waals surface area contributed by atoms with Crippen LogP contribution in [0.3, 0.4) is 0 Å². The molecular formula is C15H21ClO4. The first-order valence-electron chi connectivity index (χ1n) is 6.76. The molecule has 1 aliphatic heterocycles. The van der Waals surface area contributed by atoms with Crippen LogP contribution in [0.2, 0.25) is 0 Å². The molecule has 1 fully saturated rings. The van der Waals surface area contributed by atoms with Gasteiger partial charge in [-0.05, 0) is 19.3 Å². The van der Waals surface area contributed by atoms with Crippen LogP contribution in [0.25, 0.3) is 0 Å². The largest absolute Gasteiger partial charge is 0.496 e. The lowest BCUT2D eigenvalue weighted by Gasteiger charge is -2.28. The number of alkyl halides is 1. The Labute approximate surface area is 124 Å². The molecule has 1 heterocycles. The summed E-state index contributed by atoms with van der Waals surface area (Å²) in [6, 6.07) is 3.63. The highest BCUT2D eigenvalue weighted by atomic mass is 35.5. The van der Waals surface area contributed by atoms with Crippen LogP contribution in [-0.2, 0) is 4.74 Å². The van der Waals surface area contributed by atoms with Crippen molar-refractivity contribution < 1.29 is 18.9 Å². The lowest BCUT2D eigenvalue weighted by Crippen LogP contribution is -2.24. The third kappa shape index (κ3) is 3.13. The molecule has 5 heteroatoms. The number of ether oxygens (including phenoxy) is 4. The summed E-state index contributed by atoms with van der Waals surface area (Å²) < 4.78 is 21.9. The van der Waals surface area contributed by atoms with Crippen molar-refractivity contribution in [3.8, 4) is 17.2 Å². The summed E-state index contributed by atoms with van der Waals surface area (Å²) in [6.45, 7) is 0.759. The Morgan fingerprint density at radius 3 is 2.20 bits per heavy atom. The van der Waals surface area contributed by atoms with E-state index >= 15 is 0 Å². The zero-order chi connectivity index (χ0) is 14.5. The molecule has 0 N–H and O–H groups in total. The second-order valence-corrected chi connectivity index (χ2v) is 5.22. The van der Waals surface area contributed by atoms with E-state index in [1.165, 1.54) is 0 Å². The average molecular weight is 301 g/mol. The molecule has 2 unspecified atom stereocenters. The molecule has 0 amide bonds. The SMILES string of the molecule is COc1cc(OC)c(C(Cl)C2CCCCO2)c(OC)c1. The predicted molar refractivity (Wildman–Crippen MR) is 78.3 cm³/mol. The number of benzene rings is 1. The maximum Gasteiger partial charge on any atom is 0.131 e. The van der Waals surface area contributed by atoms with Gasteiger partial charge < -0.3 is 18.9 Å². The molecule has 1 aliphatic rings. The normalized spacial score (nSPS) is 20.3. The van der Waals surface area contributed by atoms with Gasteiger partial charge in [-0.3, -0.25) is 0 Å². The van der Waals surface area contributed by atoms with Crippen LogP contribution in [-0.4, -0.2) is 34.0 Å². The van der Waals surface area contributed by atoms with Crippen molar-refractivity contribution in [2.24, 2.45) is 0 Å². The van der Waals surface area contributed by atoms with Crippen molar-refractivity contribution >= 4 is 11.6 Å². The lowest BCUT2D eigenvalue weighted by atomic mass is 9.99. The average Bonchev–Trinajstić information content (AvgIpc) is 2.53. The van der Waals surface area contributed by atoms with Gasteiger partial charge >= 0.3 is 0 Å². The molecule has 0 radical (unpaired) electrons. The third-order valence-corrected chi connectivity index (χ3v) is 4.07. The van der Waals surface area contributed by atoms with Crippen molar-refractivity contribution in [2.45, 2.75) is 30.7 Å². The quantitative estimate of drug-likeness (QED) is 0.779. The fraction of sp³-hybridized carbons (Fsp3) is 0.600. The minimum atomic E-state index is -0.300. The number of halogens is 1. The van der Waals surface area contributed by atoms with Gasteiger partial charge in [-0.1, -0.05) is 0 Å². The Bertz CT molecular complexity index is 418. The molecule has 0 bridgehead atoms. The van der Waals surface area contributed by atoms with E-state index in [1.807, 2.05) is 12.1 Å². The number of rotatable bonds is 5. The Kier molecular flexibility index (Phi) is 5.38. The van der Waals surface area contributed by atoms with E-state index in [0.717, 1.165) is 31.4 Å². The Hall–Kier alpha value is -1.13. The molecule has 4 nitrogen and oxygen atoms in total. The topological polar surface area (TPSA) is 36.9 Å². The fourth-order valence-electron chi connectivity index (χ4n) is 2.49. The monoisotopic (exact) mass is 300 g/mol. The Morgan fingerprint density at radius 1 is 1.10 bits per heavy atom. The van der Waals surface area contributed by atoms with Crippen LogP contribution < -0.4 is 14.2 Å². The van der Waals surface area contributed by atoms with Gasteiger partial charge in [0.05, 0.1) is 38.4 Å². The van der Waals surface area contributed by atoms with Crippen LogP contribution in [0, 0.1) is 0 Å². The highest BCUT2D eigenvalue weighted by molar-refractivity contribution is 6.21. The third-order valence-electron chi connectivity index (χ3n) is 3.57. The van der Waals surface area contributed by atoms with Gasteiger partial charge in [-0.2, -0.15) is 0 Å². The molecule has 112 valence electrons. The van der Waals surface area contributed by atoms with Gasteiger partial charge in [0.15, 0.2) is 0 Å². The molecule has 0 aromatic heterocycles. The Morgan fingerprint density at radius 2 is 1.75 bits per heavy atom. The number of methoxy groups -OCH3 is 3. The fourth-order valence-corrected chi connectivity index (χ4v) is 2.90. The van der Waals surface area contributed by atoms with Crippen LogP contribution >= 0.6 is 11.6 Å². The highest BCUT2D eigenvalue weighted by Crippen LogP contribution is 2.44. The number of hydrogen-bond donors (Lipinski definition) is 0. The first kappa shape index (κ1) is 15.3. The zero-order valence-corrected chi connectivity index (χ0v) is 12.9. The molecule has 1 aromatic carbocycles. The molecule has 0 spiro atoms. The van der Waals surface area contributed by atoms with Gasteiger partial charge in [0.1, 0.15) is 17.2 Å². The summed E-state index contributed by atoms with van der Waals surface area (Å²) in [6.07, 6.45) is 3.17. The zero-order valence-electron chi connectivity index (χ0n) is 12.1. The molecule has 0 saturated carbocycles. The molecule has 20 heavy (non-hydrogen) atoms. The van der Waals surface area contributed by atoms with Gasteiger partial charge in [-0.15, -0.1) is 11.6 Å². The smallest absolute Gasteiger partial charge is 0.131 e. The van der Waals surface area contributed by atoms with Gasteiger partial charge in [0, 0.05) is 18.7 Å². The standard InChI is InChI=1S/C15H21ClO4/c1-17-10-8-12(18-2)14(13(9-10)19-3)15(16)11-6-4-5-7-20-11/h8-9,11,15H,4-7H2,1-3H3. The van der Waals surface area contributed by atoms with E-state index in [1.54, 1.807) is 21.3 Å². The minimum absolute atomic E-state index is 0.0124. The van der Waals surface area contributed by atoms with E-state index in [4.69, 9.17) is 30.5 Å². The first-order valence-corrected chi connectivity index (χ1v) is 7.20. The van der Waals surface area contributed by atoms with E-state index in [9.17, 15) is 0 Å². The van der Waals surface area contributed by atoms with Crippen molar-refractivity contribution in [3.63, 3.8) is 0 Å². The molecule has 0 aliphatic carbocycles. The minimum Gasteiger partial charge on any atom is -0.496 e. The van der Waals surface area contributed by atoms with E-state index < -0.39 is 0 Å². The van der Waals surface area contributed by atoms with Crippen LogP contribution in [0.1, 0.15) is 30.2 Å². The van der Waals surface area contributed by atoms with Gasteiger partial charge in [0.25, 0.3) is 0 Å². The Balaban J connectivity index is 2.36. The second-order valence-electron chi connectivity index (χ2n) is 4.75. The van der Waals surface area contributed by atoms with Crippen LogP contribution in [0.4, 0.5) is 0 Å². The summed E-state index contributed by atoms with van der Waals surface area (Å²) in [4.78, 5) is 0. The molecule has 1 aromatic rings. The maximum absolute atomic E-state index is 6.62. The highest BCUT2D eigenvalue weighted by Gasteiger charge is 2.30. The molecular weight excluding hydrogens is 280 g/mol. The summed E-state index contributed by atoms with van der Waals surface area (Å²) in [5.74, 6) is 2.00. The van der Waals surface area contributed by atoms with Crippen molar-refractivity contribution in [1.29, 1.82) is 0 Å². The predicted octanol–water partition coefficient (Wildman–Crippen LogP) is 3.56. The van der Waals surface area contributed by atoms with Gasteiger partial charge in [0.2, 0.25) is 0 Å². The van der Waals surface area contributed by atoms with Crippen molar-refractivity contribution in [3.05, 3.63) is 17.7 Å². The van der Waals surface area contributed by atoms with Crippen LogP contribution in [0.5, 0.6) is 17.2 Å². The second kappa shape index (κ2) is 7.04. The summed E-state index contributed by atoms with van der Waals surface area (Å²) in [5.41, 5.74) is 0.823. The summed E-state index contributed by atoms with van der Waals surface area (Å²) >= 11 is 6.62. The molecule has 1 saturated heterocycles. The number of hydrogen-bond acceptors (Lipinski definition) is 4.